The van der Waals surface area contributed by atoms with Crippen molar-refractivity contribution in [1.29, 1.82) is 0 Å². The van der Waals surface area contributed by atoms with Gasteiger partial charge in [0.1, 0.15) is 0 Å². The largest absolute Gasteiger partial charge is 0.394 e. The summed E-state index contributed by atoms with van der Waals surface area (Å²) in [6.45, 7) is 7.75. The summed E-state index contributed by atoms with van der Waals surface area (Å²) in [5.41, 5.74) is 0. The van der Waals surface area contributed by atoms with Crippen LogP contribution < -0.4 is 5.32 Å². The molecule has 0 saturated carbocycles. The van der Waals surface area contributed by atoms with E-state index >= 15 is 0 Å². The van der Waals surface area contributed by atoms with Crippen LogP contribution >= 0.6 is 0 Å². The second-order valence-corrected chi connectivity index (χ2v) is 4.87. The van der Waals surface area contributed by atoms with Crippen molar-refractivity contribution in [2.45, 2.75) is 0 Å². The Balaban J connectivity index is 2.94. The van der Waals surface area contributed by atoms with Gasteiger partial charge in [-0.05, 0) is 0 Å². The summed E-state index contributed by atoms with van der Waals surface area (Å²) in [6, 6.07) is 0. The van der Waals surface area contributed by atoms with E-state index in [1.807, 2.05) is 0 Å². The zero-order chi connectivity index (χ0) is 18.3. The quantitative estimate of drug-likeness (QED) is 0.200. The van der Waals surface area contributed by atoms with Crippen molar-refractivity contribution in [3.63, 3.8) is 0 Å². The summed E-state index contributed by atoms with van der Waals surface area (Å²) < 4.78 is 31.5. The van der Waals surface area contributed by atoms with Crippen LogP contribution in [0.4, 0.5) is 0 Å². The van der Waals surface area contributed by atoms with Gasteiger partial charge in [0.15, 0.2) is 0 Å². The van der Waals surface area contributed by atoms with Crippen LogP contribution in [0.25, 0.3) is 0 Å². The van der Waals surface area contributed by atoms with E-state index in [0.717, 1.165) is 13.1 Å². The number of hydrogen-bond donors (Lipinski definition) is 3. The molecule has 0 fully saturated rings. The average Bonchev–Trinajstić information content (AvgIpc) is 2.63. The van der Waals surface area contributed by atoms with Gasteiger partial charge in [-0.3, -0.25) is 0 Å². The van der Waals surface area contributed by atoms with Gasteiger partial charge in [0.25, 0.3) is 0 Å². The third-order valence-electron chi connectivity index (χ3n) is 2.81. The number of hydrogen-bond acceptors (Lipinski definition) is 9. The molecule has 0 atom stereocenters. The smallest absolute Gasteiger partial charge is 0.0701 e. The highest BCUT2D eigenvalue weighted by Crippen LogP contribution is 1.82. The average molecular weight is 369 g/mol. The van der Waals surface area contributed by atoms with E-state index in [0.29, 0.717) is 79.3 Å². The monoisotopic (exact) mass is 369 g/mol. The molecule has 0 saturated heterocycles. The van der Waals surface area contributed by atoms with Gasteiger partial charge in [-0.2, -0.15) is 0 Å². The fourth-order valence-electron chi connectivity index (χ4n) is 1.63. The van der Waals surface area contributed by atoms with Crippen molar-refractivity contribution >= 4 is 0 Å². The van der Waals surface area contributed by atoms with E-state index in [-0.39, 0.29) is 13.2 Å². The molecule has 3 N–H and O–H groups in total. The molecule has 0 bridgehead atoms. The molecule has 0 spiro atoms. The summed E-state index contributed by atoms with van der Waals surface area (Å²) in [7, 11) is 0. The van der Waals surface area contributed by atoms with E-state index < -0.39 is 0 Å². The van der Waals surface area contributed by atoms with Gasteiger partial charge in [-0.1, -0.05) is 0 Å². The Kier molecular flexibility index (Phi) is 23.3. The predicted octanol–water partition coefficient (Wildman–Crippen LogP) is -1.34. The van der Waals surface area contributed by atoms with Crippen LogP contribution in [-0.2, 0) is 28.4 Å². The first-order valence-electron chi connectivity index (χ1n) is 8.80. The summed E-state index contributed by atoms with van der Waals surface area (Å²) >= 11 is 0. The predicted molar refractivity (Wildman–Crippen MR) is 92.0 cm³/mol. The maximum atomic E-state index is 8.51. The molecule has 9 heteroatoms. The normalized spacial score (nSPS) is 11.3. The van der Waals surface area contributed by atoms with Gasteiger partial charge < -0.3 is 44.0 Å². The van der Waals surface area contributed by atoms with Gasteiger partial charge in [0, 0.05) is 13.1 Å². The van der Waals surface area contributed by atoms with Crippen molar-refractivity contribution in [3.05, 3.63) is 0 Å². The Labute approximate surface area is 150 Å². The SMILES string of the molecule is OCCOCCOCCOCCNCCOCCOCCOCCO. The lowest BCUT2D eigenvalue weighted by Gasteiger charge is -2.08. The number of rotatable bonds is 22. The first kappa shape index (κ1) is 24.6. The third-order valence-corrected chi connectivity index (χ3v) is 2.81. The Morgan fingerprint density at radius 3 is 1.00 bits per heavy atom. The zero-order valence-electron chi connectivity index (χ0n) is 15.2. The van der Waals surface area contributed by atoms with Crippen LogP contribution in [0.5, 0.6) is 0 Å². The van der Waals surface area contributed by atoms with Crippen molar-refractivity contribution in [3.8, 4) is 0 Å². The van der Waals surface area contributed by atoms with Gasteiger partial charge >= 0.3 is 0 Å². The highest BCUT2D eigenvalue weighted by Gasteiger charge is 1.93. The number of aliphatic hydroxyl groups excluding tert-OH is 2. The fourth-order valence-corrected chi connectivity index (χ4v) is 1.63. The summed E-state index contributed by atoms with van der Waals surface area (Å²) in [5, 5.41) is 20.2. The van der Waals surface area contributed by atoms with Crippen LogP contribution in [0.15, 0.2) is 0 Å². The van der Waals surface area contributed by atoms with E-state index in [9.17, 15) is 0 Å². The molecule has 9 nitrogen and oxygen atoms in total. The molecular formula is C16H35NO8. The minimum Gasteiger partial charge on any atom is -0.394 e. The Bertz CT molecular complexity index is 214. The minimum atomic E-state index is 0.0382. The fraction of sp³-hybridized carbons (Fsp3) is 1.00. The molecule has 152 valence electrons. The number of aliphatic hydroxyl groups is 2. The van der Waals surface area contributed by atoms with E-state index in [1.165, 1.54) is 0 Å². The third kappa shape index (κ3) is 23.6. The number of nitrogens with one attached hydrogen (secondary N) is 1. The van der Waals surface area contributed by atoms with Crippen molar-refractivity contribution in [2.24, 2.45) is 0 Å². The molecule has 0 aromatic rings. The Morgan fingerprint density at radius 2 is 0.680 bits per heavy atom. The van der Waals surface area contributed by atoms with E-state index in [1.54, 1.807) is 0 Å². The topological polar surface area (TPSA) is 108 Å². The molecule has 0 unspecified atom stereocenters. The molecule has 0 aliphatic rings. The summed E-state index contributed by atoms with van der Waals surface area (Å²) in [4.78, 5) is 0. The molecule has 0 aromatic carbocycles. The lowest BCUT2D eigenvalue weighted by molar-refractivity contribution is 0.00585. The Morgan fingerprint density at radius 1 is 0.400 bits per heavy atom. The molecule has 25 heavy (non-hydrogen) atoms. The van der Waals surface area contributed by atoms with E-state index in [4.69, 9.17) is 38.6 Å². The second kappa shape index (κ2) is 23.6. The maximum Gasteiger partial charge on any atom is 0.0701 e. The van der Waals surface area contributed by atoms with Gasteiger partial charge in [-0.25, -0.2) is 0 Å². The molecule has 0 rings (SSSR count). The molecule has 0 radical (unpaired) electrons. The molecule has 0 heterocycles. The maximum absolute atomic E-state index is 8.51. The highest BCUT2D eigenvalue weighted by atomic mass is 16.6. The lowest BCUT2D eigenvalue weighted by atomic mass is 10.6. The molecule has 0 aliphatic carbocycles. The first-order chi connectivity index (χ1) is 12.4. The lowest BCUT2D eigenvalue weighted by Crippen LogP contribution is -2.25. The van der Waals surface area contributed by atoms with Gasteiger partial charge in [0.05, 0.1) is 92.5 Å². The highest BCUT2D eigenvalue weighted by molar-refractivity contribution is 4.45. The van der Waals surface area contributed by atoms with Gasteiger partial charge in [-0.15, -0.1) is 0 Å². The molecule has 0 amide bonds. The summed E-state index contributed by atoms with van der Waals surface area (Å²) in [6.07, 6.45) is 0. The van der Waals surface area contributed by atoms with Crippen molar-refractivity contribution in [1.82, 2.24) is 5.32 Å². The zero-order valence-corrected chi connectivity index (χ0v) is 15.2. The van der Waals surface area contributed by atoms with Crippen LogP contribution in [0, 0.1) is 0 Å². The van der Waals surface area contributed by atoms with E-state index in [2.05, 4.69) is 5.32 Å². The Hall–Kier alpha value is -0.360. The standard InChI is InChI=1S/C16H35NO8/c18-3-7-22-11-15-24-13-9-20-5-1-17-2-6-21-10-14-25-16-12-23-8-4-19/h17-19H,1-16H2. The summed E-state index contributed by atoms with van der Waals surface area (Å²) in [5.74, 6) is 0. The van der Waals surface area contributed by atoms with Crippen LogP contribution in [0.3, 0.4) is 0 Å². The van der Waals surface area contributed by atoms with Crippen LogP contribution in [-0.4, -0.2) is 116 Å². The van der Waals surface area contributed by atoms with Crippen molar-refractivity contribution in [2.75, 3.05) is 106 Å². The molecule has 0 aliphatic heterocycles. The van der Waals surface area contributed by atoms with Crippen LogP contribution in [0.1, 0.15) is 0 Å². The molecular weight excluding hydrogens is 334 g/mol. The van der Waals surface area contributed by atoms with Crippen LogP contribution in [0.2, 0.25) is 0 Å². The van der Waals surface area contributed by atoms with Gasteiger partial charge in [0.2, 0.25) is 0 Å². The minimum absolute atomic E-state index is 0.0382. The second-order valence-electron chi connectivity index (χ2n) is 4.87. The first-order valence-corrected chi connectivity index (χ1v) is 8.80. The van der Waals surface area contributed by atoms with Crippen molar-refractivity contribution < 1.29 is 38.6 Å². The molecule has 0 aromatic heterocycles. The number of ether oxygens (including phenoxy) is 6.